The predicted molar refractivity (Wildman–Crippen MR) is 52.4 cm³/mol. The van der Waals surface area contributed by atoms with Crippen LogP contribution in [0.4, 0.5) is 4.79 Å². The second-order valence-corrected chi connectivity index (χ2v) is 2.99. The Balaban J connectivity index is 4.26. The lowest BCUT2D eigenvalue weighted by molar-refractivity contribution is -0.138. The lowest BCUT2D eigenvalue weighted by Gasteiger charge is -2.20. The van der Waals surface area contributed by atoms with Gasteiger partial charge in [0.2, 0.25) is 0 Å². The molecule has 0 radical (unpaired) electrons. The largest absolute Gasteiger partial charge is 0.480 e. The van der Waals surface area contributed by atoms with E-state index in [9.17, 15) is 9.59 Å². The van der Waals surface area contributed by atoms with Crippen LogP contribution in [0.3, 0.4) is 0 Å². The van der Waals surface area contributed by atoms with Crippen molar-refractivity contribution in [1.29, 1.82) is 0 Å². The number of nitrogens with zero attached hydrogens (tertiary/aromatic N) is 1. The Hall–Kier alpha value is -1.56. The van der Waals surface area contributed by atoms with Crippen LogP contribution in [0.1, 0.15) is 6.92 Å². The lowest BCUT2D eigenvalue weighted by Crippen LogP contribution is -2.40. The lowest BCUT2D eigenvalue weighted by atomic mass is 10.3. The number of amides is 1. The minimum absolute atomic E-state index is 0.00869. The zero-order chi connectivity index (χ0) is 11.8. The number of rotatable bonds is 6. The molecular formula is C9H15NO5. The molecule has 0 aromatic rings. The Bertz CT molecular complexity index is 239. The summed E-state index contributed by atoms with van der Waals surface area (Å²) in [5.74, 6) is -1.16. The maximum Gasteiger partial charge on any atom is 0.410 e. The SMILES string of the molecule is C=CCOC(=O)N(CC(=O)O)CC(C)O. The van der Waals surface area contributed by atoms with Gasteiger partial charge in [-0.3, -0.25) is 9.69 Å². The number of aliphatic hydroxyl groups excluding tert-OH is 1. The normalized spacial score (nSPS) is 11.6. The molecule has 1 amide bonds. The summed E-state index contributed by atoms with van der Waals surface area (Å²) < 4.78 is 4.65. The third-order valence-electron chi connectivity index (χ3n) is 1.39. The number of hydrogen-bond acceptors (Lipinski definition) is 4. The van der Waals surface area contributed by atoms with Gasteiger partial charge in [-0.05, 0) is 6.92 Å². The van der Waals surface area contributed by atoms with E-state index in [0.717, 1.165) is 4.90 Å². The molecule has 0 aliphatic heterocycles. The van der Waals surface area contributed by atoms with E-state index in [1.165, 1.54) is 13.0 Å². The van der Waals surface area contributed by atoms with Gasteiger partial charge in [-0.1, -0.05) is 12.7 Å². The quantitative estimate of drug-likeness (QED) is 0.615. The maximum atomic E-state index is 11.3. The number of carbonyl (C=O) groups is 2. The van der Waals surface area contributed by atoms with Crippen molar-refractivity contribution < 1.29 is 24.5 Å². The first-order valence-corrected chi connectivity index (χ1v) is 4.39. The van der Waals surface area contributed by atoms with E-state index in [4.69, 9.17) is 10.2 Å². The first-order chi connectivity index (χ1) is 6.97. The van der Waals surface area contributed by atoms with Crippen LogP contribution in [-0.2, 0) is 9.53 Å². The van der Waals surface area contributed by atoms with Crippen molar-refractivity contribution >= 4 is 12.1 Å². The number of carboxylic acid groups (broad SMARTS) is 1. The molecule has 0 aliphatic carbocycles. The fourth-order valence-electron chi connectivity index (χ4n) is 0.907. The topological polar surface area (TPSA) is 87.1 Å². The fourth-order valence-corrected chi connectivity index (χ4v) is 0.907. The Kier molecular flexibility index (Phi) is 6.12. The molecule has 0 spiro atoms. The highest BCUT2D eigenvalue weighted by atomic mass is 16.6. The number of hydrogen-bond donors (Lipinski definition) is 2. The summed E-state index contributed by atoms with van der Waals surface area (Å²) in [4.78, 5) is 22.6. The number of aliphatic carboxylic acids is 1. The molecule has 6 heteroatoms. The second-order valence-electron chi connectivity index (χ2n) is 2.99. The molecule has 1 unspecified atom stereocenters. The molecule has 0 saturated carbocycles. The van der Waals surface area contributed by atoms with Crippen molar-refractivity contribution in [3.8, 4) is 0 Å². The van der Waals surface area contributed by atoms with Crippen LogP contribution in [0.25, 0.3) is 0 Å². The standard InChI is InChI=1S/C9H15NO5/c1-3-4-15-9(14)10(5-7(2)11)6-8(12)13/h3,7,11H,1,4-6H2,2H3,(H,12,13). The molecule has 0 aliphatic rings. The highest BCUT2D eigenvalue weighted by Crippen LogP contribution is 1.97. The number of aliphatic hydroxyl groups is 1. The molecule has 0 aromatic heterocycles. The van der Waals surface area contributed by atoms with Gasteiger partial charge in [-0.25, -0.2) is 4.79 Å². The molecule has 86 valence electrons. The molecule has 15 heavy (non-hydrogen) atoms. The van der Waals surface area contributed by atoms with Crippen LogP contribution in [0.5, 0.6) is 0 Å². The van der Waals surface area contributed by atoms with Gasteiger partial charge in [-0.2, -0.15) is 0 Å². The Morgan fingerprint density at radius 2 is 2.20 bits per heavy atom. The average molecular weight is 217 g/mol. The summed E-state index contributed by atoms with van der Waals surface area (Å²) >= 11 is 0. The van der Waals surface area contributed by atoms with Crippen LogP contribution >= 0.6 is 0 Å². The van der Waals surface area contributed by atoms with Crippen LogP contribution < -0.4 is 0 Å². The van der Waals surface area contributed by atoms with E-state index < -0.39 is 24.7 Å². The summed E-state index contributed by atoms with van der Waals surface area (Å²) in [6, 6.07) is 0. The van der Waals surface area contributed by atoms with Gasteiger partial charge in [0.15, 0.2) is 0 Å². The smallest absolute Gasteiger partial charge is 0.410 e. The van der Waals surface area contributed by atoms with Crippen LogP contribution in [0, 0.1) is 0 Å². The average Bonchev–Trinajstić information content (AvgIpc) is 2.11. The summed E-state index contributed by atoms with van der Waals surface area (Å²) in [6.07, 6.45) is -0.210. The fraction of sp³-hybridized carbons (Fsp3) is 0.556. The summed E-state index contributed by atoms with van der Waals surface area (Å²) in [6.45, 7) is 4.23. The van der Waals surface area contributed by atoms with E-state index in [1.54, 1.807) is 0 Å². The molecular weight excluding hydrogens is 202 g/mol. The van der Waals surface area contributed by atoms with Gasteiger partial charge in [0.1, 0.15) is 13.2 Å². The summed E-state index contributed by atoms with van der Waals surface area (Å²) in [5.41, 5.74) is 0. The van der Waals surface area contributed by atoms with E-state index >= 15 is 0 Å². The van der Waals surface area contributed by atoms with E-state index in [-0.39, 0.29) is 13.2 Å². The van der Waals surface area contributed by atoms with Gasteiger partial charge in [-0.15, -0.1) is 0 Å². The molecule has 0 heterocycles. The van der Waals surface area contributed by atoms with Crippen LogP contribution in [0.2, 0.25) is 0 Å². The van der Waals surface area contributed by atoms with Crippen LogP contribution in [-0.4, -0.2) is 53.0 Å². The van der Waals surface area contributed by atoms with Crippen molar-refractivity contribution in [3.63, 3.8) is 0 Å². The zero-order valence-corrected chi connectivity index (χ0v) is 8.55. The third-order valence-corrected chi connectivity index (χ3v) is 1.39. The molecule has 0 rings (SSSR count). The Morgan fingerprint density at radius 1 is 1.60 bits per heavy atom. The molecule has 0 aromatic carbocycles. The van der Waals surface area contributed by atoms with Gasteiger partial charge in [0, 0.05) is 0 Å². The van der Waals surface area contributed by atoms with Gasteiger partial charge in [0.05, 0.1) is 12.6 Å². The van der Waals surface area contributed by atoms with Gasteiger partial charge in [0.25, 0.3) is 0 Å². The third kappa shape index (κ3) is 6.50. The monoisotopic (exact) mass is 217 g/mol. The second kappa shape index (κ2) is 6.83. The Morgan fingerprint density at radius 3 is 2.60 bits per heavy atom. The molecule has 0 fully saturated rings. The summed E-state index contributed by atoms with van der Waals surface area (Å²) in [5, 5.41) is 17.6. The molecule has 0 saturated heterocycles. The van der Waals surface area contributed by atoms with Crippen molar-refractivity contribution in [2.45, 2.75) is 13.0 Å². The maximum absolute atomic E-state index is 11.3. The number of carbonyl (C=O) groups excluding carboxylic acids is 1. The first-order valence-electron chi connectivity index (χ1n) is 4.39. The zero-order valence-electron chi connectivity index (χ0n) is 8.55. The summed E-state index contributed by atoms with van der Waals surface area (Å²) in [7, 11) is 0. The minimum Gasteiger partial charge on any atom is -0.480 e. The Labute approximate surface area is 87.8 Å². The van der Waals surface area contributed by atoms with E-state index in [1.807, 2.05) is 0 Å². The minimum atomic E-state index is -1.16. The molecule has 1 atom stereocenters. The van der Waals surface area contributed by atoms with Gasteiger partial charge < -0.3 is 14.9 Å². The van der Waals surface area contributed by atoms with E-state index in [2.05, 4.69) is 11.3 Å². The van der Waals surface area contributed by atoms with Crippen molar-refractivity contribution in [1.82, 2.24) is 4.90 Å². The first kappa shape index (κ1) is 13.4. The molecule has 0 bridgehead atoms. The predicted octanol–water partition coefficient (Wildman–Crippen LogP) is 0.0764. The van der Waals surface area contributed by atoms with E-state index in [0.29, 0.717) is 0 Å². The highest BCUT2D eigenvalue weighted by molar-refractivity contribution is 5.76. The molecule has 2 N–H and O–H groups in total. The van der Waals surface area contributed by atoms with Crippen molar-refractivity contribution in [2.24, 2.45) is 0 Å². The van der Waals surface area contributed by atoms with Crippen LogP contribution in [0.15, 0.2) is 12.7 Å². The number of carboxylic acids is 1. The number of ether oxygens (including phenoxy) is 1. The highest BCUT2D eigenvalue weighted by Gasteiger charge is 2.19. The molecule has 6 nitrogen and oxygen atoms in total. The van der Waals surface area contributed by atoms with Crippen molar-refractivity contribution in [3.05, 3.63) is 12.7 Å². The van der Waals surface area contributed by atoms with Gasteiger partial charge >= 0.3 is 12.1 Å². The van der Waals surface area contributed by atoms with Crippen molar-refractivity contribution in [2.75, 3.05) is 19.7 Å².